The lowest BCUT2D eigenvalue weighted by Gasteiger charge is -2.33. The van der Waals surface area contributed by atoms with Gasteiger partial charge in [-0.15, -0.1) is 0 Å². The Morgan fingerprint density at radius 1 is 1.32 bits per heavy atom. The van der Waals surface area contributed by atoms with Crippen molar-refractivity contribution in [3.8, 4) is 0 Å². The minimum Gasteiger partial charge on any atom is -0.476 e. The van der Waals surface area contributed by atoms with Crippen LogP contribution in [0.15, 0.2) is 30.5 Å². The van der Waals surface area contributed by atoms with Crippen LogP contribution in [-0.4, -0.2) is 52.9 Å². The average Bonchev–Trinajstić information content (AvgIpc) is 3.05. The van der Waals surface area contributed by atoms with Crippen molar-refractivity contribution in [2.24, 2.45) is 0 Å². The topological polar surface area (TPSA) is 61.6 Å². The van der Waals surface area contributed by atoms with Gasteiger partial charge in [0.1, 0.15) is 5.82 Å². The molecule has 1 aliphatic rings. The highest BCUT2D eigenvalue weighted by Gasteiger charge is 2.23. The number of hydrogen-bond donors (Lipinski definition) is 1. The summed E-state index contributed by atoms with van der Waals surface area (Å²) in [6, 6.07) is 6.65. The summed E-state index contributed by atoms with van der Waals surface area (Å²) in [4.78, 5) is 15.3. The number of carboxylic acids is 1. The number of aromatic carboxylic acids is 1. The van der Waals surface area contributed by atoms with E-state index in [1.807, 2.05) is 25.1 Å². The zero-order valence-corrected chi connectivity index (χ0v) is 14.5. The summed E-state index contributed by atoms with van der Waals surface area (Å²) in [5, 5.41) is 13.1. The van der Waals surface area contributed by atoms with Gasteiger partial charge in [0.2, 0.25) is 0 Å². The van der Waals surface area contributed by atoms with E-state index in [2.05, 4.69) is 10.00 Å². The van der Waals surface area contributed by atoms with Crippen molar-refractivity contribution in [2.45, 2.75) is 25.4 Å². The highest BCUT2D eigenvalue weighted by molar-refractivity contribution is 5.85. The molecule has 2 aromatic rings. The molecule has 134 valence electrons. The van der Waals surface area contributed by atoms with E-state index in [4.69, 9.17) is 5.11 Å². The fourth-order valence-electron chi connectivity index (χ4n) is 3.36. The van der Waals surface area contributed by atoms with E-state index in [9.17, 15) is 9.18 Å². The fraction of sp³-hybridized carbons (Fsp3) is 0.444. The van der Waals surface area contributed by atoms with E-state index in [1.165, 1.54) is 12.1 Å². The Kier molecular flexibility index (Phi) is 5.03. The number of halogens is 1. The average molecular weight is 346 g/mol. The predicted octanol–water partition coefficient (Wildman–Crippen LogP) is 2.62. The smallest absolute Gasteiger partial charge is 0.356 e. The van der Waals surface area contributed by atoms with E-state index in [0.717, 1.165) is 37.2 Å². The summed E-state index contributed by atoms with van der Waals surface area (Å²) < 4.78 is 15.4. The molecule has 0 amide bonds. The number of aromatic nitrogens is 2. The maximum absolute atomic E-state index is 13.6. The molecule has 0 radical (unpaired) electrons. The maximum Gasteiger partial charge on any atom is 0.356 e. The Bertz CT molecular complexity index is 751. The molecule has 6 nitrogen and oxygen atoms in total. The van der Waals surface area contributed by atoms with E-state index in [-0.39, 0.29) is 17.6 Å². The molecular formula is C18H23FN4O2. The molecule has 1 N–H and O–H groups in total. The SMILES string of the molecule is CN(C)c1ccc(F)cc1CN1CCC(n2ccc(C(=O)O)n2)CC1. The van der Waals surface area contributed by atoms with Crippen molar-refractivity contribution in [1.82, 2.24) is 14.7 Å². The van der Waals surface area contributed by atoms with Crippen LogP contribution >= 0.6 is 0 Å². The number of benzene rings is 1. The molecule has 1 fully saturated rings. The van der Waals surface area contributed by atoms with Gasteiger partial charge >= 0.3 is 5.97 Å². The van der Waals surface area contributed by atoms with E-state index in [0.29, 0.717) is 6.54 Å². The van der Waals surface area contributed by atoms with E-state index >= 15 is 0 Å². The van der Waals surface area contributed by atoms with Crippen molar-refractivity contribution in [2.75, 3.05) is 32.1 Å². The minimum absolute atomic E-state index is 0.0813. The number of piperidine rings is 1. The van der Waals surface area contributed by atoms with Gasteiger partial charge in [-0.2, -0.15) is 5.10 Å². The molecule has 0 aliphatic carbocycles. The zero-order valence-electron chi connectivity index (χ0n) is 14.5. The molecule has 0 spiro atoms. The first-order valence-corrected chi connectivity index (χ1v) is 8.40. The second-order valence-electron chi connectivity index (χ2n) is 6.66. The number of rotatable bonds is 5. The van der Waals surface area contributed by atoms with Crippen LogP contribution in [0.3, 0.4) is 0 Å². The molecule has 2 heterocycles. The third kappa shape index (κ3) is 3.99. The largest absolute Gasteiger partial charge is 0.476 e. The summed E-state index contributed by atoms with van der Waals surface area (Å²) >= 11 is 0. The Morgan fingerprint density at radius 3 is 2.64 bits per heavy atom. The van der Waals surface area contributed by atoms with Gasteiger partial charge < -0.3 is 10.0 Å². The van der Waals surface area contributed by atoms with Crippen LogP contribution in [0.2, 0.25) is 0 Å². The van der Waals surface area contributed by atoms with E-state index in [1.54, 1.807) is 16.9 Å². The van der Waals surface area contributed by atoms with Crippen LogP contribution in [0.5, 0.6) is 0 Å². The van der Waals surface area contributed by atoms with Crippen molar-refractivity contribution in [3.05, 3.63) is 47.5 Å². The molecule has 3 rings (SSSR count). The van der Waals surface area contributed by atoms with Gasteiger partial charge in [-0.3, -0.25) is 9.58 Å². The van der Waals surface area contributed by atoms with Gasteiger partial charge in [0.15, 0.2) is 5.69 Å². The lowest BCUT2D eigenvalue weighted by Crippen LogP contribution is -2.34. The third-order valence-corrected chi connectivity index (χ3v) is 4.68. The Labute approximate surface area is 146 Å². The van der Waals surface area contributed by atoms with Crippen LogP contribution in [0.25, 0.3) is 0 Å². The minimum atomic E-state index is -1.00. The van der Waals surface area contributed by atoms with Crippen LogP contribution < -0.4 is 4.90 Å². The number of likely N-dealkylation sites (tertiary alicyclic amines) is 1. The van der Waals surface area contributed by atoms with Gasteiger partial charge in [0.05, 0.1) is 6.04 Å². The number of carboxylic acid groups (broad SMARTS) is 1. The van der Waals surface area contributed by atoms with Crippen LogP contribution in [-0.2, 0) is 6.54 Å². The van der Waals surface area contributed by atoms with Crippen LogP contribution in [0.4, 0.5) is 10.1 Å². The molecule has 0 bridgehead atoms. The first-order chi connectivity index (χ1) is 11.9. The van der Waals surface area contributed by atoms with Crippen LogP contribution in [0, 0.1) is 5.82 Å². The normalized spacial score (nSPS) is 16.1. The van der Waals surface area contributed by atoms with Gasteiger partial charge in [0.25, 0.3) is 0 Å². The number of nitrogens with zero attached hydrogens (tertiary/aromatic N) is 4. The predicted molar refractivity (Wildman–Crippen MR) is 93.5 cm³/mol. The number of carbonyl (C=O) groups is 1. The first-order valence-electron chi connectivity index (χ1n) is 8.40. The first kappa shape index (κ1) is 17.4. The molecule has 7 heteroatoms. The fourth-order valence-corrected chi connectivity index (χ4v) is 3.36. The molecule has 1 aromatic heterocycles. The Balaban J connectivity index is 1.63. The summed E-state index contributed by atoms with van der Waals surface area (Å²) in [6.07, 6.45) is 3.53. The second kappa shape index (κ2) is 7.23. The van der Waals surface area contributed by atoms with Crippen molar-refractivity contribution >= 4 is 11.7 Å². The quantitative estimate of drug-likeness (QED) is 0.902. The molecule has 0 saturated carbocycles. The number of hydrogen-bond acceptors (Lipinski definition) is 4. The molecule has 1 aliphatic heterocycles. The Morgan fingerprint density at radius 2 is 2.04 bits per heavy atom. The molecule has 25 heavy (non-hydrogen) atoms. The van der Waals surface area contributed by atoms with Crippen molar-refractivity contribution < 1.29 is 14.3 Å². The molecule has 1 saturated heterocycles. The second-order valence-corrected chi connectivity index (χ2v) is 6.66. The highest BCUT2D eigenvalue weighted by atomic mass is 19.1. The lowest BCUT2D eigenvalue weighted by atomic mass is 10.0. The molecule has 0 atom stereocenters. The molecule has 1 aromatic carbocycles. The zero-order chi connectivity index (χ0) is 18.0. The monoisotopic (exact) mass is 346 g/mol. The molecular weight excluding hydrogens is 323 g/mol. The van der Waals surface area contributed by atoms with Crippen LogP contribution in [0.1, 0.15) is 34.9 Å². The molecule has 0 unspecified atom stereocenters. The van der Waals surface area contributed by atoms with Crippen molar-refractivity contribution in [3.63, 3.8) is 0 Å². The van der Waals surface area contributed by atoms with Gasteiger partial charge in [0, 0.05) is 45.6 Å². The van der Waals surface area contributed by atoms with Gasteiger partial charge in [-0.1, -0.05) is 0 Å². The summed E-state index contributed by atoms with van der Waals surface area (Å²) in [5.74, 6) is -1.22. The Hall–Kier alpha value is -2.41. The lowest BCUT2D eigenvalue weighted by molar-refractivity contribution is 0.0688. The van der Waals surface area contributed by atoms with E-state index < -0.39 is 5.97 Å². The van der Waals surface area contributed by atoms with Crippen molar-refractivity contribution in [1.29, 1.82) is 0 Å². The highest BCUT2D eigenvalue weighted by Crippen LogP contribution is 2.26. The maximum atomic E-state index is 13.6. The summed E-state index contributed by atoms with van der Waals surface area (Å²) in [6.45, 7) is 2.45. The van der Waals surface area contributed by atoms with Gasteiger partial charge in [-0.05, 0) is 42.7 Å². The number of anilines is 1. The standard InChI is InChI=1S/C18H23FN4O2/c1-21(2)17-4-3-14(19)11-13(17)12-22-8-5-15(6-9-22)23-10-7-16(20-23)18(24)25/h3-4,7,10-11,15H,5-6,8-9,12H2,1-2H3,(H,24,25). The van der Waals surface area contributed by atoms with Gasteiger partial charge in [-0.25, -0.2) is 9.18 Å². The third-order valence-electron chi connectivity index (χ3n) is 4.68. The summed E-state index contributed by atoms with van der Waals surface area (Å²) in [5.41, 5.74) is 2.09. The summed E-state index contributed by atoms with van der Waals surface area (Å²) in [7, 11) is 3.92.